The van der Waals surface area contributed by atoms with Crippen LogP contribution >= 0.6 is 0 Å². The van der Waals surface area contributed by atoms with Crippen molar-refractivity contribution in [2.75, 3.05) is 19.0 Å². The lowest BCUT2D eigenvalue weighted by molar-refractivity contribution is -0.137. The number of hydrogen-bond donors (Lipinski definition) is 1. The number of nitriles is 1. The molecule has 0 saturated heterocycles. The van der Waals surface area contributed by atoms with E-state index in [0.717, 1.165) is 37.6 Å². The summed E-state index contributed by atoms with van der Waals surface area (Å²) in [5, 5.41) is 12.1. The van der Waals surface area contributed by atoms with Crippen molar-refractivity contribution in [2.24, 2.45) is 0 Å². The zero-order chi connectivity index (χ0) is 19.4. The average molecular weight is 378 g/mol. The number of alkyl halides is 3. The fourth-order valence-corrected chi connectivity index (χ4v) is 3.63. The van der Waals surface area contributed by atoms with Gasteiger partial charge in [-0.25, -0.2) is 4.98 Å². The number of rotatable bonds is 6. The highest BCUT2D eigenvalue weighted by molar-refractivity contribution is 5.53. The van der Waals surface area contributed by atoms with Crippen molar-refractivity contribution in [1.82, 2.24) is 9.55 Å². The van der Waals surface area contributed by atoms with E-state index in [1.54, 1.807) is 19.5 Å². The largest absolute Gasteiger partial charge is 0.417 e. The highest BCUT2D eigenvalue weighted by atomic mass is 19.4. The Morgan fingerprint density at radius 2 is 2.19 bits per heavy atom. The second-order valence-corrected chi connectivity index (χ2v) is 6.73. The third-order valence-corrected chi connectivity index (χ3v) is 4.95. The zero-order valence-corrected chi connectivity index (χ0v) is 15.0. The number of aromatic nitrogens is 2. The number of imidazole rings is 1. The summed E-state index contributed by atoms with van der Waals surface area (Å²) in [5.41, 5.74) is 0.258. The second kappa shape index (κ2) is 8.01. The van der Waals surface area contributed by atoms with Crippen LogP contribution in [0.5, 0.6) is 0 Å². The van der Waals surface area contributed by atoms with Gasteiger partial charge in [0.2, 0.25) is 0 Å². The summed E-state index contributed by atoms with van der Waals surface area (Å²) in [6.45, 7) is 1.33. The number of hydrogen-bond acceptors (Lipinski definition) is 4. The molecule has 1 heterocycles. The number of benzene rings is 1. The van der Waals surface area contributed by atoms with E-state index in [1.807, 2.05) is 6.20 Å². The van der Waals surface area contributed by atoms with Crippen LogP contribution in [0.15, 0.2) is 30.7 Å². The fourth-order valence-electron chi connectivity index (χ4n) is 3.63. The minimum absolute atomic E-state index is 0.0785. The SMILES string of the molecule is COCCn1cncc1C1CCC(Nc2ccc(C#N)c(C(F)(F)F)c2)C1. The summed E-state index contributed by atoms with van der Waals surface area (Å²) in [6.07, 6.45) is 1.71. The van der Waals surface area contributed by atoms with Crippen molar-refractivity contribution in [3.8, 4) is 6.07 Å². The number of nitrogens with zero attached hydrogens (tertiary/aromatic N) is 3. The van der Waals surface area contributed by atoms with Crippen LogP contribution in [0.25, 0.3) is 0 Å². The van der Waals surface area contributed by atoms with Gasteiger partial charge >= 0.3 is 6.18 Å². The molecular formula is C19H21F3N4O. The van der Waals surface area contributed by atoms with Gasteiger partial charge in [0.05, 0.1) is 30.1 Å². The maximum Gasteiger partial charge on any atom is 0.417 e. The van der Waals surface area contributed by atoms with Gasteiger partial charge in [-0.15, -0.1) is 0 Å². The first-order chi connectivity index (χ1) is 12.9. The van der Waals surface area contributed by atoms with Crippen molar-refractivity contribution in [3.63, 3.8) is 0 Å². The van der Waals surface area contributed by atoms with Crippen LogP contribution in [0.1, 0.15) is 42.0 Å². The van der Waals surface area contributed by atoms with E-state index in [2.05, 4.69) is 14.9 Å². The van der Waals surface area contributed by atoms with Gasteiger partial charge in [-0.1, -0.05) is 0 Å². The molecule has 8 heteroatoms. The van der Waals surface area contributed by atoms with Gasteiger partial charge in [0, 0.05) is 43.2 Å². The molecule has 1 aromatic heterocycles. The van der Waals surface area contributed by atoms with Crippen LogP contribution in [0, 0.1) is 11.3 Å². The average Bonchev–Trinajstić information content (AvgIpc) is 3.28. The lowest BCUT2D eigenvalue weighted by Crippen LogP contribution is -2.17. The molecule has 1 aliphatic carbocycles. The number of halogens is 3. The predicted octanol–water partition coefficient (Wildman–Crippen LogP) is 4.17. The highest BCUT2D eigenvalue weighted by Crippen LogP contribution is 2.37. The summed E-state index contributed by atoms with van der Waals surface area (Å²) in [4.78, 5) is 4.22. The number of methoxy groups -OCH3 is 1. The molecule has 1 fully saturated rings. The highest BCUT2D eigenvalue weighted by Gasteiger charge is 2.34. The molecule has 2 atom stereocenters. The van der Waals surface area contributed by atoms with Gasteiger partial charge < -0.3 is 14.6 Å². The summed E-state index contributed by atoms with van der Waals surface area (Å²) in [5.74, 6) is 0.308. The Bertz CT molecular complexity index is 825. The van der Waals surface area contributed by atoms with Gasteiger partial charge in [0.15, 0.2) is 0 Å². The van der Waals surface area contributed by atoms with E-state index in [0.29, 0.717) is 18.2 Å². The van der Waals surface area contributed by atoms with E-state index in [4.69, 9.17) is 10.00 Å². The van der Waals surface area contributed by atoms with Gasteiger partial charge in [-0.3, -0.25) is 0 Å². The minimum Gasteiger partial charge on any atom is -0.383 e. The first-order valence-electron chi connectivity index (χ1n) is 8.79. The number of nitrogens with one attached hydrogen (secondary N) is 1. The lowest BCUT2D eigenvalue weighted by Gasteiger charge is -2.17. The van der Waals surface area contributed by atoms with Crippen molar-refractivity contribution in [3.05, 3.63) is 47.5 Å². The third-order valence-electron chi connectivity index (χ3n) is 4.95. The van der Waals surface area contributed by atoms with E-state index in [9.17, 15) is 13.2 Å². The summed E-state index contributed by atoms with van der Waals surface area (Å²) in [7, 11) is 1.65. The molecule has 1 saturated carbocycles. The standard InChI is InChI=1S/C19H21F3N4O/c1-27-7-6-26-12-24-11-18(26)13-2-4-15(8-13)25-16-5-3-14(10-23)17(9-16)19(20,21)22/h3,5,9,11-13,15,25H,2,4,6-8H2,1H3. The topological polar surface area (TPSA) is 62.9 Å². The molecule has 1 aliphatic rings. The molecule has 144 valence electrons. The van der Waals surface area contributed by atoms with E-state index in [1.165, 1.54) is 12.1 Å². The fraction of sp³-hybridized carbons (Fsp3) is 0.474. The minimum atomic E-state index is -4.55. The van der Waals surface area contributed by atoms with E-state index in [-0.39, 0.29) is 11.6 Å². The van der Waals surface area contributed by atoms with Crippen LogP contribution in [0.2, 0.25) is 0 Å². The van der Waals surface area contributed by atoms with Crippen LogP contribution in [-0.4, -0.2) is 29.3 Å². The van der Waals surface area contributed by atoms with Crippen molar-refractivity contribution < 1.29 is 17.9 Å². The lowest BCUT2D eigenvalue weighted by atomic mass is 10.0. The third kappa shape index (κ3) is 4.42. The van der Waals surface area contributed by atoms with E-state index >= 15 is 0 Å². The maximum absolute atomic E-state index is 13.1. The normalized spacial score (nSPS) is 19.8. The molecule has 5 nitrogen and oxygen atoms in total. The van der Waals surface area contributed by atoms with Crippen LogP contribution < -0.4 is 5.32 Å². The van der Waals surface area contributed by atoms with Gasteiger partial charge in [-0.2, -0.15) is 18.4 Å². The van der Waals surface area contributed by atoms with Gasteiger partial charge in [0.25, 0.3) is 0 Å². The number of anilines is 1. The van der Waals surface area contributed by atoms with Gasteiger partial charge in [-0.05, 0) is 37.5 Å². The molecule has 3 rings (SSSR count). The Kier molecular flexibility index (Phi) is 5.71. The molecule has 0 spiro atoms. The smallest absolute Gasteiger partial charge is 0.383 e. The molecule has 1 aromatic carbocycles. The molecule has 0 radical (unpaired) electrons. The Morgan fingerprint density at radius 1 is 1.37 bits per heavy atom. The summed E-state index contributed by atoms with van der Waals surface area (Å²) >= 11 is 0. The summed E-state index contributed by atoms with van der Waals surface area (Å²) < 4.78 is 46.6. The second-order valence-electron chi connectivity index (χ2n) is 6.73. The molecule has 0 aliphatic heterocycles. The van der Waals surface area contributed by atoms with Crippen molar-refractivity contribution >= 4 is 5.69 Å². The van der Waals surface area contributed by atoms with Crippen LogP contribution in [0.3, 0.4) is 0 Å². The summed E-state index contributed by atoms with van der Waals surface area (Å²) in [6, 6.07) is 5.46. The molecule has 1 N–H and O–H groups in total. The maximum atomic E-state index is 13.1. The van der Waals surface area contributed by atoms with Crippen molar-refractivity contribution in [1.29, 1.82) is 5.26 Å². The Labute approximate surface area is 155 Å². The van der Waals surface area contributed by atoms with Crippen LogP contribution in [0.4, 0.5) is 18.9 Å². The quantitative estimate of drug-likeness (QED) is 0.820. The Morgan fingerprint density at radius 3 is 2.89 bits per heavy atom. The number of ether oxygens (including phenoxy) is 1. The molecule has 2 aromatic rings. The first kappa shape index (κ1) is 19.2. The van der Waals surface area contributed by atoms with Crippen molar-refractivity contribution in [2.45, 2.75) is 43.9 Å². The first-order valence-corrected chi connectivity index (χ1v) is 8.79. The monoisotopic (exact) mass is 378 g/mol. The predicted molar refractivity (Wildman–Crippen MR) is 94.3 cm³/mol. The zero-order valence-electron chi connectivity index (χ0n) is 15.0. The van der Waals surface area contributed by atoms with Crippen LogP contribution in [-0.2, 0) is 17.5 Å². The van der Waals surface area contributed by atoms with E-state index < -0.39 is 11.7 Å². The molecule has 2 unspecified atom stereocenters. The molecular weight excluding hydrogens is 357 g/mol. The molecule has 27 heavy (non-hydrogen) atoms. The Balaban J connectivity index is 1.69. The Hall–Kier alpha value is -2.53. The van der Waals surface area contributed by atoms with Gasteiger partial charge in [0.1, 0.15) is 0 Å². The molecule has 0 amide bonds. The molecule has 0 bridgehead atoms.